The van der Waals surface area contributed by atoms with E-state index in [1.807, 2.05) is 35.2 Å². The van der Waals surface area contributed by atoms with Gasteiger partial charge >= 0.3 is 0 Å². The molecule has 3 rings (SSSR count). The third-order valence-corrected chi connectivity index (χ3v) is 5.18. The molecule has 0 spiro atoms. The van der Waals surface area contributed by atoms with Crippen LogP contribution in [0, 0.1) is 11.7 Å². The molecule has 2 aromatic rings. The third kappa shape index (κ3) is 7.52. The number of nitrogens with zero attached hydrogens (tertiary/aromatic N) is 2. The average molecular weight is 429 g/mol. The number of hydrogen-bond donors (Lipinski definition) is 2. The lowest BCUT2D eigenvalue weighted by Gasteiger charge is -2.29. The van der Waals surface area contributed by atoms with Gasteiger partial charge in [0.25, 0.3) is 0 Å². The van der Waals surface area contributed by atoms with Gasteiger partial charge in [-0.25, -0.2) is 4.39 Å². The van der Waals surface area contributed by atoms with Crippen molar-refractivity contribution in [3.8, 4) is 0 Å². The Morgan fingerprint density at radius 1 is 1.13 bits per heavy atom. The minimum absolute atomic E-state index is 0.201. The van der Waals surface area contributed by atoms with Gasteiger partial charge in [-0.2, -0.15) is 0 Å². The molecular weight excluding hydrogens is 395 g/mol. The highest BCUT2D eigenvalue weighted by atomic mass is 19.1. The number of rotatable bonds is 9. The van der Waals surface area contributed by atoms with Gasteiger partial charge in [-0.1, -0.05) is 43.3 Å². The third-order valence-electron chi connectivity index (χ3n) is 5.18. The fourth-order valence-corrected chi connectivity index (χ4v) is 3.41. The first kappa shape index (κ1) is 23.0. The van der Waals surface area contributed by atoms with E-state index in [9.17, 15) is 4.39 Å². The van der Waals surface area contributed by atoms with Gasteiger partial charge in [0, 0.05) is 33.2 Å². The Morgan fingerprint density at radius 3 is 2.61 bits per heavy atom. The van der Waals surface area contributed by atoms with E-state index in [1.54, 1.807) is 13.1 Å². The van der Waals surface area contributed by atoms with Crippen LogP contribution in [0.3, 0.4) is 0 Å². The molecular formula is C24H33FN4O2. The highest BCUT2D eigenvalue weighted by Gasteiger charge is 2.15. The molecule has 0 amide bonds. The largest absolute Gasteiger partial charge is 0.378 e. The first-order valence-corrected chi connectivity index (χ1v) is 10.8. The van der Waals surface area contributed by atoms with Crippen LogP contribution in [-0.2, 0) is 22.6 Å². The Balaban J connectivity index is 1.39. The standard InChI is InChI=1S/C24H33FN4O2/c1-19(17-31-18-20-6-4-3-5-7-20)15-27-24(26-2)28-16-21-8-9-23(22(25)14-21)29-10-12-30-13-11-29/h3-9,14,19H,10-13,15-18H2,1-2H3,(H2,26,27,28). The molecule has 0 radical (unpaired) electrons. The van der Waals surface area contributed by atoms with E-state index in [2.05, 4.69) is 34.7 Å². The minimum atomic E-state index is -0.201. The van der Waals surface area contributed by atoms with Gasteiger partial charge in [-0.3, -0.25) is 4.99 Å². The lowest BCUT2D eigenvalue weighted by atomic mass is 10.1. The second kappa shape index (κ2) is 12.3. The zero-order valence-corrected chi connectivity index (χ0v) is 18.4. The summed E-state index contributed by atoms with van der Waals surface area (Å²) in [6.07, 6.45) is 0. The quantitative estimate of drug-likeness (QED) is 0.475. The van der Waals surface area contributed by atoms with Crippen molar-refractivity contribution >= 4 is 11.6 Å². The summed E-state index contributed by atoms with van der Waals surface area (Å²) in [6.45, 7) is 7.36. The number of guanidine groups is 1. The van der Waals surface area contributed by atoms with Crippen LogP contribution in [0.25, 0.3) is 0 Å². The number of aliphatic imine (C=N–C) groups is 1. The van der Waals surface area contributed by atoms with E-state index in [4.69, 9.17) is 9.47 Å². The van der Waals surface area contributed by atoms with E-state index in [0.717, 1.165) is 25.2 Å². The average Bonchev–Trinajstić information content (AvgIpc) is 2.80. The summed E-state index contributed by atoms with van der Waals surface area (Å²) in [4.78, 5) is 6.28. The molecule has 7 heteroatoms. The van der Waals surface area contributed by atoms with Gasteiger partial charge in [0.15, 0.2) is 5.96 Å². The van der Waals surface area contributed by atoms with Crippen molar-refractivity contribution < 1.29 is 13.9 Å². The Kier molecular flexibility index (Phi) is 9.12. The first-order valence-electron chi connectivity index (χ1n) is 10.8. The Bertz CT molecular complexity index is 826. The Morgan fingerprint density at radius 2 is 1.90 bits per heavy atom. The normalized spacial score (nSPS) is 15.6. The van der Waals surface area contributed by atoms with Gasteiger partial charge in [0.05, 0.1) is 32.1 Å². The molecule has 0 saturated carbocycles. The maximum absolute atomic E-state index is 14.6. The SMILES string of the molecule is CN=C(NCc1ccc(N2CCOCC2)c(F)c1)NCC(C)COCc1ccccc1. The molecule has 168 valence electrons. The van der Waals surface area contributed by atoms with Crippen LogP contribution in [0.1, 0.15) is 18.1 Å². The molecule has 0 aliphatic carbocycles. The summed E-state index contributed by atoms with van der Waals surface area (Å²) in [6, 6.07) is 15.5. The van der Waals surface area contributed by atoms with Crippen LogP contribution in [0.2, 0.25) is 0 Å². The highest BCUT2D eigenvalue weighted by molar-refractivity contribution is 5.79. The maximum atomic E-state index is 14.6. The van der Waals surface area contributed by atoms with E-state index in [1.165, 1.54) is 5.56 Å². The first-order chi connectivity index (χ1) is 15.2. The van der Waals surface area contributed by atoms with Crippen molar-refractivity contribution in [1.29, 1.82) is 0 Å². The van der Waals surface area contributed by atoms with Crippen LogP contribution >= 0.6 is 0 Å². The van der Waals surface area contributed by atoms with Gasteiger partial charge in [0.1, 0.15) is 5.82 Å². The molecule has 2 aromatic carbocycles. The zero-order chi connectivity index (χ0) is 21.9. The van der Waals surface area contributed by atoms with Crippen molar-refractivity contribution in [2.45, 2.75) is 20.1 Å². The molecule has 0 aromatic heterocycles. The van der Waals surface area contributed by atoms with Gasteiger partial charge in [-0.05, 0) is 29.2 Å². The Labute approximate surface area is 184 Å². The predicted molar refractivity (Wildman–Crippen MR) is 123 cm³/mol. The number of morpholine rings is 1. The van der Waals surface area contributed by atoms with Crippen LogP contribution in [0.15, 0.2) is 53.5 Å². The lowest BCUT2D eigenvalue weighted by Crippen LogP contribution is -2.39. The molecule has 1 atom stereocenters. The molecule has 1 aliphatic heterocycles. The summed E-state index contributed by atoms with van der Waals surface area (Å²) in [5.41, 5.74) is 2.68. The fourth-order valence-electron chi connectivity index (χ4n) is 3.41. The molecule has 1 fully saturated rings. The molecule has 1 heterocycles. The van der Waals surface area contributed by atoms with Crippen LogP contribution < -0.4 is 15.5 Å². The number of halogens is 1. The van der Waals surface area contributed by atoms with E-state index in [0.29, 0.717) is 50.5 Å². The molecule has 6 nitrogen and oxygen atoms in total. The number of nitrogens with one attached hydrogen (secondary N) is 2. The van der Waals surface area contributed by atoms with Gasteiger partial charge in [0.2, 0.25) is 0 Å². The minimum Gasteiger partial charge on any atom is -0.378 e. The number of hydrogen-bond acceptors (Lipinski definition) is 4. The van der Waals surface area contributed by atoms with E-state index < -0.39 is 0 Å². The van der Waals surface area contributed by atoms with Crippen molar-refractivity contribution in [1.82, 2.24) is 10.6 Å². The summed E-state index contributed by atoms with van der Waals surface area (Å²) in [5, 5.41) is 6.56. The summed E-state index contributed by atoms with van der Waals surface area (Å²) >= 11 is 0. The Hall–Kier alpha value is -2.64. The summed E-state index contributed by atoms with van der Waals surface area (Å²) in [7, 11) is 1.73. The second-order valence-corrected chi connectivity index (χ2v) is 7.80. The molecule has 31 heavy (non-hydrogen) atoms. The zero-order valence-electron chi connectivity index (χ0n) is 18.4. The molecule has 1 saturated heterocycles. The van der Waals surface area contributed by atoms with Crippen LogP contribution in [0.5, 0.6) is 0 Å². The molecule has 1 aliphatic rings. The van der Waals surface area contributed by atoms with Crippen molar-refractivity contribution in [3.05, 3.63) is 65.5 Å². The number of benzene rings is 2. The van der Waals surface area contributed by atoms with Crippen LogP contribution in [-0.4, -0.2) is 52.5 Å². The number of anilines is 1. The van der Waals surface area contributed by atoms with Gasteiger partial charge in [-0.15, -0.1) is 0 Å². The summed E-state index contributed by atoms with van der Waals surface area (Å²) < 4.78 is 25.7. The smallest absolute Gasteiger partial charge is 0.191 e. The summed E-state index contributed by atoms with van der Waals surface area (Å²) in [5.74, 6) is 0.813. The maximum Gasteiger partial charge on any atom is 0.191 e. The highest BCUT2D eigenvalue weighted by Crippen LogP contribution is 2.21. The van der Waals surface area contributed by atoms with Gasteiger partial charge < -0.3 is 25.0 Å². The fraction of sp³-hybridized carbons (Fsp3) is 0.458. The second-order valence-electron chi connectivity index (χ2n) is 7.80. The molecule has 2 N–H and O–H groups in total. The van der Waals surface area contributed by atoms with Crippen molar-refractivity contribution in [3.63, 3.8) is 0 Å². The lowest BCUT2D eigenvalue weighted by molar-refractivity contribution is 0.0931. The predicted octanol–water partition coefficient (Wildman–Crippen LogP) is 3.18. The van der Waals surface area contributed by atoms with E-state index >= 15 is 0 Å². The number of ether oxygens (including phenoxy) is 2. The van der Waals surface area contributed by atoms with Crippen molar-refractivity contribution in [2.24, 2.45) is 10.9 Å². The van der Waals surface area contributed by atoms with Crippen molar-refractivity contribution in [2.75, 3.05) is 51.4 Å². The topological polar surface area (TPSA) is 58.1 Å². The molecule has 1 unspecified atom stereocenters. The van der Waals surface area contributed by atoms with Crippen LogP contribution in [0.4, 0.5) is 10.1 Å². The molecule has 0 bridgehead atoms. The monoisotopic (exact) mass is 428 g/mol. The van der Waals surface area contributed by atoms with E-state index in [-0.39, 0.29) is 5.82 Å².